The van der Waals surface area contributed by atoms with Gasteiger partial charge in [-0.25, -0.2) is 4.79 Å². The molecule has 1 saturated carbocycles. The van der Waals surface area contributed by atoms with Crippen LogP contribution in [0, 0.1) is 11.8 Å². The number of fused-ring (bicyclic) bond motifs is 3. The Morgan fingerprint density at radius 3 is 2.59 bits per heavy atom. The van der Waals surface area contributed by atoms with Crippen LogP contribution in [0.4, 0.5) is 0 Å². The Balaban J connectivity index is 1.44. The molecule has 0 radical (unpaired) electrons. The summed E-state index contributed by atoms with van der Waals surface area (Å²) >= 11 is 0. The van der Waals surface area contributed by atoms with Crippen LogP contribution in [0.25, 0.3) is 16.5 Å². The summed E-state index contributed by atoms with van der Waals surface area (Å²) in [5.41, 5.74) is 2.49. The number of aromatic amines is 1. The molecule has 2 fully saturated rings. The number of aliphatic hydroxyl groups excluding tert-OH is 2. The summed E-state index contributed by atoms with van der Waals surface area (Å²) in [4.78, 5) is 43.6. The highest BCUT2D eigenvalue weighted by molar-refractivity contribution is 6.11. The molecule has 1 aliphatic carbocycles. The predicted molar refractivity (Wildman–Crippen MR) is 186 cm³/mol. The first-order valence-corrected chi connectivity index (χ1v) is 17.6. The molecule has 1 saturated heterocycles. The maximum absolute atomic E-state index is 13.9. The number of rotatable bonds is 9. The van der Waals surface area contributed by atoms with E-state index < -0.39 is 42.7 Å². The van der Waals surface area contributed by atoms with E-state index in [4.69, 9.17) is 18.9 Å². The van der Waals surface area contributed by atoms with Gasteiger partial charge in [0.1, 0.15) is 34.7 Å². The molecule has 7 rings (SSSR count). The third-order valence-corrected chi connectivity index (χ3v) is 11.2. The fourth-order valence-electron chi connectivity index (χ4n) is 8.47. The summed E-state index contributed by atoms with van der Waals surface area (Å²) in [5.74, 6) is -2.18. The third kappa shape index (κ3) is 5.84. The van der Waals surface area contributed by atoms with Gasteiger partial charge in [0.25, 0.3) is 0 Å². The van der Waals surface area contributed by atoms with Gasteiger partial charge in [0.05, 0.1) is 43.6 Å². The van der Waals surface area contributed by atoms with Gasteiger partial charge in [0.2, 0.25) is 5.76 Å². The van der Waals surface area contributed by atoms with Gasteiger partial charge in [0.15, 0.2) is 6.29 Å². The molecule has 4 unspecified atom stereocenters. The molecule has 12 heteroatoms. The van der Waals surface area contributed by atoms with Gasteiger partial charge >= 0.3 is 5.97 Å². The maximum atomic E-state index is 13.9. The molecule has 0 amide bonds. The number of aromatic nitrogens is 1. The zero-order chi connectivity index (χ0) is 36.0. The van der Waals surface area contributed by atoms with Gasteiger partial charge in [0, 0.05) is 41.1 Å². The van der Waals surface area contributed by atoms with E-state index in [2.05, 4.69) is 10.3 Å². The van der Waals surface area contributed by atoms with Crippen LogP contribution in [0.15, 0.2) is 47.4 Å². The normalized spacial score (nSPS) is 24.7. The first-order valence-electron chi connectivity index (χ1n) is 17.6. The number of carbonyl (C=O) groups excluding carboxylic acids is 3. The minimum absolute atomic E-state index is 0.0122. The van der Waals surface area contributed by atoms with Crippen molar-refractivity contribution in [1.29, 1.82) is 0 Å². The molecule has 4 heterocycles. The average molecular weight is 701 g/mol. The largest absolute Gasteiger partial charge is 0.496 e. The Morgan fingerprint density at radius 1 is 1.12 bits per heavy atom. The fourth-order valence-corrected chi connectivity index (χ4v) is 8.47. The molecular weight excluding hydrogens is 656 g/mol. The lowest BCUT2D eigenvalue weighted by Gasteiger charge is -2.39. The number of hydrogen-bond donors (Lipinski definition) is 5. The van der Waals surface area contributed by atoms with E-state index >= 15 is 0 Å². The van der Waals surface area contributed by atoms with Crippen molar-refractivity contribution in [2.45, 2.75) is 70.2 Å². The van der Waals surface area contributed by atoms with Crippen molar-refractivity contribution in [2.24, 2.45) is 11.8 Å². The number of allylic oxidation sites excluding steroid dienone is 3. The number of benzene rings is 2. The standard InChI is InChI=1S/C39H44N2O10/c1-4-49-38(46)37-27(18-43)31(22-14-23(17-42)33(45)25(15-22)20-5-6-29-21(13-20)7-12-41-29)32-35(48-3)26-16-30(39(2,47)24-8-10-40-11-9-24)50-34(26)28(19-44)36(32)51-37/h5-7,12-13,18,23-25,30,40-42,44,47H,4,8-11,14-17,19H2,1-3H3. The summed E-state index contributed by atoms with van der Waals surface area (Å²) in [5, 5.41) is 37.6. The molecule has 4 atom stereocenters. The second-order valence-electron chi connectivity index (χ2n) is 14.0. The lowest BCUT2D eigenvalue weighted by Crippen LogP contribution is -2.51. The smallest absolute Gasteiger partial charge is 0.375 e. The van der Waals surface area contributed by atoms with Gasteiger partial charge < -0.3 is 44.6 Å². The zero-order valence-electron chi connectivity index (χ0n) is 29.0. The number of H-pyrrole nitrogens is 1. The Bertz CT molecular complexity index is 1950. The number of ether oxygens (including phenoxy) is 4. The number of piperidine rings is 1. The third-order valence-electron chi connectivity index (χ3n) is 11.2. The van der Waals surface area contributed by atoms with Crippen molar-refractivity contribution in [2.75, 3.05) is 33.4 Å². The molecule has 2 aromatic carbocycles. The molecule has 4 aliphatic rings. The Labute approximate surface area is 295 Å². The lowest BCUT2D eigenvalue weighted by atomic mass is 9.71. The molecule has 1 aromatic heterocycles. The maximum Gasteiger partial charge on any atom is 0.375 e. The average Bonchev–Trinajstić information content (AvgIpc) is 3.81. The topological polar surface area (TPSA) is 177 Å². The van der Waals surface area contributed by atoms with E-state index in [0.29, 0.717) is 40.1 Å². The minimum Gasteiger partial charge on any atom is -0.496 e. The first-order chi connectivity index (χ1) is 24.7. The van der Waals surface area contributed by atoms with E-state index in [1.165, 1.54) is 7.11 Å². The first kappa shape index (κ1) is 34.9. The SMILES string of the molecule is CCOC(=O)C1=C(C=O)C(=C2CC(CO)C(=O)C(c3ccc4[nH]ccc4c3)C2)c2c(OC)c3c(c(CO)c2O1)OC(C(C)(O)C1CCNCC1)C3. The number of Topliss-reactive ketones (excluding diaryl/α,β-unsaturated/α-hetero) is 1. The van der Waals surface area contributed by atoms with Gasteiger partial charge in [-0.1, -0.05) is 11.6 Å². The number of esters is 1. The number of carbonyl (C=O) groups is 3. The molecule has 5 N–H and O–H groups in total. The van der Waals surface area contributed by atoms with E-state index in [1.54, 1.807) is 13.8 Å². The molecular formula is C39H44N2O10. The molecule has 3 aliphatic heterocycles. The van der Waals surface area contributed by atoms with Crippen LogP contribution in [-0.2, 0) is 32.1 Å². The highest BCUT2D eigenvalue weighted by atomic mass is 16.6. The van der Waals surface area contributed by atoms with Crippen molar-refractivity contribution in [3.63, 3.8) is 0 Å². The van der Waals surface area contributed by atoms with Gasteiger partial charge in [-0.2, -0.15) is 0 Å². The van der Waals surface area contributed by atoms with Crippen LogP contribution in [0.2, 0.25) is 0 Å². The predicted octanol–water partition coefficient (Wildman–Crippen LogP) is 3.64. The van der Waals surface area contributed by atoms with Gasteiger partial charge in [-0.15, -0.1) is 0 Å². The van der Waals surface area contributed by atoms with E-state index in [-0.39, 0.29) is 60.2 Å². The molecule has 0 spiro atoms. The minimum atomic E-state index is -1.23. The summed E-state index contributed by atoms with van der Waals surface area (Å²) in [6.07, 6.45) is 3.75. The summed E-state index contributed by atoms with van der Waals surface area (Å²) in [6, 6.07) is 7.65. The summed E-state index contributed by atoms with van der Waals surface area (Å²) < 4.78 is 24.2. The van der Waals surface area contributed by atoms with E-state index in [9.17, 15) is 29.7 Å². The fraction of sp³-hybridized carbons (Fsp3) is 0.462. The van der Waals surface area contributed by atoms with Crippen LogP contribution in [0.3, 0.4) is 0 Å². The molecule has 12 nitrogen and oxygen atoms in total. The molecule has 270 valence electrons. The van der Waals surface area contributed by atoms with Crippen molar-refractivity contribution >= 4 is 34.5 Å². The van der Waals surface area contributed by atoms with Gasteiger partial charge in [-0.05, 0) is 87.7 Å². The van der Waals surface area contributed by atoms with Crippen molar-refractivity contribution in [1.82, 2.24) is 10.3 Å². The zero-order valence-corrected chi connectivity index (χ0v) is 29.0. The van der Waals surface area contributed by atoms with Crippen LogP contribution < -0.4 is 19.5 Å². The molecule has 0 bridgehead atoms. The number of ketones is 1. The number of aliphatic hydroxyl groups is 3. The highest BCUT2D eigenvalue weighted by Crippen LogP contribution is 2.57. The molecule has 51 heavy (non-hydrogen) atoms. The quantitative estimate of drug-likeness (QED) is 0.163. The van der Waals surface area contributed by atoms with Crippen LogP contribution in [-0.4, -0.2) is 83.5 Å². The van der Waals surface area contributed by atoms with Gasteiger partial charge in [-0.3, -0.25) is 9.59 Å². The number of aldehydes is 1. The van der Waals surface area contributed by atoms with Crippen LogP contribution >= 0.6 is 0 Å². The number of hydrogen-bond acceptors (Lipinski definition) is 11. The lowest BCUT2D eigenvalue weighted by molar-refractivity contribution is -0.141. The number of nitrogens with one attached hydrogen (secondary N) is 2. The van der Waals surface area contributed by atoms with Crippen LogP contribution in [0.1, 0.15) is 67.7 Å². The van der Waals surface area contributed by atoms with Crippen molar-refractivity contribution < 1.29 is 48.7 Å². The van der Waals surface area contributed by atoms with Crippen molar-refractivity contribution in [3.8, 4) is 17.2 Å². The second-order valence-corrected chi connectivity index (χ2v) is 14.0. The van der Waals surface area contributed by atoms with Crippen LogP contribution in [0.5, 0.6) is 17.2 Å². The monoisotopic (exact) mass is 700 g/mol. The van der Waals surface area contributed by atoms with Crippen molar-refractivity contribution in [3.05, 3.63) is 69.6 Å². The van der Waals surface area contributed by atoms with E-state index in [0.717, 1.165) is 42.4 Å². The molecule has 3 aromatic rings. The Morgan fingerprint density at radius 2 is 1.90 bits per heavy atom. The highest BCUT2D eigenvalue weighted by Gasteiger charge is 2.49. The van der Waals surface area contributed by atoms with E-state index in [1.807, 2.05) is 30.5 Å². The Hall–Kier alpha value is -4.49. The number of methoxy groups -OCH3 is 1. The summed E-state index contributed by atoms with van der Waals surface area (Å²) in [6.45, 7) is 4.01. The summed E-state index contributed by atoms with van der Waals surface area (Å²) in [7, 11) is 1.48. The Kier molecular flexibility index (Phi) is 9.53. The second kappa shape index (κ2) is 13.9.